The van der Waals surface area contributed by atoms with Gasteiger partial charge in [-0.25, -0.2) is 10.4 Å². The molecule has 6 aromatic rings. The zero-order valence-corrected chi connectivity index (χ0v) is 26.5. The van der Waals surface area contributed by atoms with Gasteiger partial charge in [0, 0.05) is 38.5 Å². The number of hydrazone groups is 1. The fourth-order valence-corrected chi connectivity index (χ4v) is 7.73. The number of thiophene rings is 1. The first-order chi connectivity index (χ1) is 22.5. The summed E-state index contributed by atoms with van der Waals surface area (Å²) in [4.78, 5) is 33.3. The molecule has 3 aromatic heterocycles. The number of benzene rings is 3. The molecule has 228 valence electrons. The van der Waals surface area contributed by atoms with Crippen LogP contribution in [0.1, 0.15) is 60.9 Å². The fourth-order valence-electron chi connectivity index (χ4n) is 6.23. The van der Waals surface area contributed by atoms with Crippen molar-refractivity contribution in [3.05, 3.63) is 136 Å². The third-order valence-corrected chi connectivity index (χ3v) is 9.76. The van der Waals surface area contributed by atoms with Gasteiger partial charge >= 0.3 is 0 Å². The maximum Gasteiger partial charge on any atom is 0.272 e. The van der Waals surface area contributed by atoms with Gasteiger partial charge in [0.05, 0.1) is 28.6 Å². The minimum atomic E-state index is -0.313. The number of aromatic nitrogens is 2. The van der Waals surface area contributed by atoms with Crippen LogP contribution < -0.4 is 10.7 Å². The molecule has 7 rings (SSSR count). The normalized spacial score (nSPS) is 12.7. The minimum Gasteiger partial charge on any atom is -0.322 e. The molecule has 7 nitrogen and oxygen atoms in total. The van der Waals surface area contributed by atoms with Crippen LogP contribution in [-0.4, -0.2) is 27.6 Å². The highest BCUT2D eigenvalue weighted by Gasteiger charge is 2.28. The molecule has 0 saturated carbocycles. The SMILES string of the molecule is Cc1cc(/C=N/NC(=O)c2cc(-c3ccccc3)nc3ccccc23)c(C)n1-c1sc2c(c1C(=O)Nc1ccccc1)CCCC2. The first-order valence-corrected chi connectivity index (χ1v) is 16.3. The third-order valence-electron chi connectivity index (χ3n) is 8.48. The van der Waals surface area contributed by atoms with Gasteiger partial charge in [0.25, 0.3) is 11.8 Å². The molecular formula is C38H33N5O2S. The summed E-state index contributed by atoms with van der Waals surface area (Å²) in [5, 5.41) is 9.18. The largest absolute Gasteiger partial charge is 0.322 e. The van der Waals surface area contributed by atoms with Crippen molar-refractivity contribution in [2.45, 2.75) is 39.5 Å². The van der Waals surface area contributed by atoms with E-state index >= 15 is 0 Å². The Morgan fingerprint density at radius 1 is 0.870 bits per heavy atom. The number of para-hydroxylation sites is 2. The summed E-state index contributed by atoms with van der Waals surface area (Å²) in [5.41, 5.74) is 11.1. The summed E-state index contributed by atoms with van der Waals surface area (Å²) in [6.07, 6.45) is 5.78. The van der Waals surface area contributed by atoms with E-state index in [1.54, 1.807) is 17.6 Å². The molecule has 0 fully saturated rings. The monoisotopic (exact) mass is 623 g/mol. The average molecular weight is 624 g/mol. The summed E-state index contributed by atoms with van der Waals surface area (Å²) in [6.45, 7) is 4.06. The zero-order chi connectivity index (χ0) is 31.6. The first kappa shape index (κ1) is 29.4. The van der Waals surface area contributed by atoms with Crippen molar-refractivity contribution < 1.29 is 9.59 Å². The van der Waals surface area contributed by atoms with Crippen LogP contribution in [0, 0.1) is 13.8 Å². The summed E-state index contributed by atoms with van der Waals surface area (Å²) >= 11 is 1.70. The maximum atomic E-state index is 13.8. The molecule has 46 heavy (non-hydrogen) atoms. The van der Waals surface area contributed by atoms with Crippen LogP contribution in [0.15, 0.2) is 102 Å². The van der Waals surface area contributed by atoms with Gasteiger partial charge in [0.15, 0.2) is 0 Å². The Bertz CT molecular complexity index is 2110. The number of carbonyl (C=O) groups excluding carboxylic acids is 2. The predicted octanol–water partition coefficient (Wildman–Crippen LogP) is 8.27. The van der Waals surface area contributed by atoms with Gasteiger partial charge in [0.2, 0.25) is 0 Å². The molecule has 2 amide bonds. The van der Waals surface area contributed by atoms with Gasteiger partial charge in [-0.3, -0.25) is 9.59 Å². The second-order valence-corrected chi connectivity index (χ2v) is 12.6. The van der Waals surface area contributed by atoms with E-state index in [9.17, 15) is 9.59 Å². The van der Waals surface area contributed by atoms with Gasteiger partial charge in [0.1, 0.15) is 5.00 Å². The van der Waals surface area contributed by atoms with Crippen molar-refractivity contribution in [2.75, 3.05) is 5.32 Å². The van der Waals surface area contributed by atoms with Crippen molar-refractivity contribution in [1.82, 2.24) is 15.0 Å². The summed E-state index contributed by atoms with van der Waals surface area (Å²) in [6, 6.07) is 30.9. The molecule has 2 N–H and O–H groups in total. The summed E-state index contributed by atoms with van der Waals surface area (Å²) in [5.74, 6) is -0.401. The highest BCUT2D eigenvalue weighted by atomic mass is 32.1. The number of hydrogen-bond acceptors (Lipinski definition) is 5. The first-order valence-electron chi connectivity index (χ1n) is 15.5. The molecule has 0 atom stereocenters. The van der Waals surface area contributed by atoms with Crippen molar-refractivity contribution in [3.63, 3.8) is 0 Å². The number of pyridine rings is 1. The molecule has 0 bridgehead atoms. The molecule has 1 aliphatic rings. The number of nitrogens with zero attached hydrogens (tertiary/aromatic N) is 3. The van der Waals surface area contributed by atoms with Gasteiger partial charge < -0.3 is 9.88 Å². The van der Waals surface area contributed by atoms with E-state index in [1.807, 2.05) is 111 Å². The lowest BCUT2D eigenvalue weighted by Crippen LogP contribution is -2.18. The van der Waals surface area contributed by atoms with E-state index in [-0.39, 0.29) is 11.8 Å². The lowest BCUT2D eigenvalue weighted by Gasteiger charge is -2.14. The van der Waals surface area contributed by atoms with Crippen LogP contribution in [0.3, 0.4) is 0 Å². The van der Waals surface area contributed by atoms with Crippen molar-refractivity contribution in [2.24, 2.45) is 5.10 Å². The number of nitrogens with one attached hydrogen (secondary N) is 2. The lowest BCUT2D eigenvalue weighted by atomic mass is 9.95. The predicted molar refractivity (Wildman–Crippen MR) is 186 cm³/mol. The van der Waals surface area contributed by atoms with Gasteiger partial charge in [-0.1, -0.05) is 66.7 Å². The Balaban J connectivity index is 1.19. The van der Waals surface area contributed by atoms with Crippen molar-refractivity contribution >= 4 is 46.0 Å². The molecule has 0 spiro atoms. The molecule has 0 saturated heterocycles. The number of anilines is 1. The number of hydrogen-bond donors (Lipinski definition) is 2. The van der Waals surface area contributed by atoms with Crippen LogP contribution in [0.2, 0.25) is 0 Å². The lowest BCUT2D eigenvalue weighted by molar-refractivity contribution is 0.0955. The van der Waals surface area contributed by atoms with Crippen LogP contribution in [-0.2, 0) is 12.8 Å². The van der Waals surface area contributed by atoms with Gasteiger partial charge in [-0.15, -0.1) is 11.3 Å². The smallest absolute Gasteiger partial charge is 0.272 e. The fraction of sp³-hybridized carbons (Fsp3) is 0.158. The molecule has 3 aromatic carbocycles. The van der Waals surface area contributed by atoms with Crippen molar-refractivity contribution in [3.8, 4) is 16.3 Å². The van der Waals surface area contributed by atoms with E-state index in [4.69, 9.17) is 4.98 Å². The number of rotatable bonds is 7. The highest BCUT2D eigenvalue weighted by Crippen LogP contribution is 2.39. The van der Waals surface area contributed by atoms with E-state index in [0.29, 0.717) is 5.56 Å². The number of amides is 2. The second-order valence-electron chi connectivity index (χ2n) is 11.5. The van der Waals surface area contributed by atoms with Gasteiger partial charge in [-0.2, -0.15) is 5.10 Å². The molecule has 3 heterocycles. The molecule has 0 radical (unpaired) electrons. The van der Waals surface area contributed by atoms with Gasteiger partial charge in [-0.05, 0) is 75.4 Å². The number of aryl methyl sites for hydroxylation is 2. The molecule has 0 unspecified atom stereocenters. The third kappa shape index (κ3) is 5.63. The Kier molecular flexibility index (Phi) is 8.03. The topological polar surface area (TPSA) is 88.4 Å². The van der Waals surface area contributed by atoms with Crippen LogP contribution in [0.25, 0.3) is 27.2 Å². The minimum absolute atomic E-state index is 0.0879. The molecular weight excluding hydrogens is 591 g/mol. The van der Waals surface area contributed by atoms with Crippen molar-refractivity contribution in [1.29, 1.82) is 0 Å². The molecule has 8 heteroatoms. The zero-order valence-electron chi connectivity index (χ0n) is 25.7. The molecule has 0 aliphatic heterocycles. The van der Waals surface area contributed by atoms with Crippen LogP contribution >= 0.6 is 11.3 Å². The number of fused-ring (bicyclic) bond motifs is 2. The molecule has 1 aliphatic carbocycles. The Morgan fingerprint density at radius 2 is 1.59 bits per heavy atom. The number of carbonyl (C=O) groups is 2. The van der Waals surface area contributed by atoms with E-state index < -0.39 is 0 Å². The average Bonchev–Trinajstić information content (AvgIpc) is 3.60. The Morgan fingerprint density at radius 3 is 2.39 bits per heavy atom. The van der Waals surface area contributed by atoms with Crippen LogP contribution in [0.5, 0.6) is 0 Å². The Hall–Kier alpha value is -5.34. The van der Waals surface area contributed by atoms with E-state index in [1.165, 1.54) is 4.88 Å². The Labute approximate surface area is 271 Å². The highest BCUT2D eigenvalue weighted by molar-refractivity contribution is 7.15. The van der Waals surface area contributed by atoms with E-state index in [0.717, 1.165) is 86.6 Å². The standard InChI is InChI=1S/C38H33N5O2S/c1-24-21-27(23-39-42-36(44)31-22-33(26-13-5-3-6-14-26)41-32-19-11-9-17-29(31)32)25(2)43(24)38-35(30-18-10-12-20-34(30)46-38)37(45)40-28-15-7-4-8-16-28/h3-9,11,13-17,19,21-23H,10,12,18,20H2,1-2H3,(H,40,45)(H,42,44)/b39-23+. The summed E-state index contributed by atoms with van der Waals surface area (Å²) < 4.78 is 2.15. The summed E-state index contributed by atoms with van der Waals surface area (Å²) in [7, 11) is 0. The maximum absolute atomic E-state index is 13.8. The second kappa shape index (κ2) is 12.6. The van der Waals surface area contributed by atoms with Crippen LogP contribution in [0.4, 0.5) is 5.69 Å². The quantitative estimate of drug-likeness (QED) is 0.139. The van der Waals surface area contributed by atoms with E-state index in [2.05, 4.69) is 20.4 Å².